The van der Waals surface area contributed by atoms with Crippen LogP contribution in [0, 0.1) is 5.92 Å². The van der Waals surface area contributed by atoms with Crippen molar-refractivity contribution in [1.29, 1.82) is 0 Å². The Hall–Kier alpha value is -1.02. The fourth-order valence-electron chi connectivity index (χ4n) is 2.63. The Morgan fingerprint density at radius 2 is 2.00 bits per heavy atom. The minimum absolute atomic E-state index is 0.529. The molecule has 0 aliphatic heterocycles. The summed E-state index contributed by atoms with van der Waals surface area (Å²) in [5.74, 6) is 0.810. The molecule has 0 bridgehead atoms. The maximum absolute atomic E-state index is 5.96. The zero-order chi connectivity index (χ0) is 11.4. The van der Waals surface area contributed by atoms with Crippen LogP contribution < -0.4 is 10.6 Å². The fourth-order valence-corrected chi connectivity index (χ4v) is 2.63. The molecule has 1 saturated carbocycles. The number of nitrogens with zero attached hydrogens (tertiary/aromatic N) is 1. The predicted molar refractivity (Wildman–Crippen MR) is 69.6 cm³/mol. The number of nitrogens with two attached hydrogens (primary N) is 1. The van der Waals surface area contributed by atoms with Crippen molar-refractivity contribution in [3.63, 3.8) is 0 Å². The normalized spacial score (nSPS) is 17.9. The SMILES string of the molecule is CCN(c1ccccc1)C(CN)C1CCC1. The molecule has 0 saturated heterocycles. The number of anilines is 1. The molecule has 1 unspecified atom stereocenters. The first-order chi connectivity index (χ1) is 7.86. The van der Waals surface area contributed by atoms with Gasteiger partial charge in [-0.1, -0.05) is 24.6 Å². The highest BCUT2D eigenvalue weighted by atomic mass is 15.2. The van der Waals surface area contributed by atoms with Gasteiger partial charge >= 0.3 is 0 Å². The van der Waals surface area contributed by atoms with Gasteiger partial charge in [-0.3, -0.25) is 0 Å². The first-order valence-corrected chi connectivity index (χ1v) is 6.38. The molecule has 1 aliphatic carbocycles. The van der Waals surface area contributed by atoms with Crippen LogP contribution in [0.1, 0.15) is 26.2 Å². The molecule has 0 spiro atoms. The van der Waals surface area contributed by atoms with E-state index in [9.17, 15) is 0 Å². The van der Waals surface area contributed by atoms with Gasteiger partial charge in [0.1, 0.15) is 0 Å². The van der Waals surface area contributed by atoms with Gasteiger partial charge in [0.25, 0.3) is 0 Å². The lowest BCUT2D eigenvalue weighted by Gasteiger charge is -2.41. The lowest BCUT2D eigenvalue weighted by atomic mass is 9.79. The van der Waals surface area contributed by atoms with Crippen molar-refractivity contribution in [3.8, 4) is 0 Å². The third kappa shape index (κ3) is 2.22. The van der Waals surface area contributed by atoms with Crippen LogP contribution in [0.2, 0.25) is 0 Å². The number of hydrogen-bond donors (Lipinski definition) is 1. The third-order valence-electron chi connectivity index (χ3n) is 3.76. The van der Waals surface area contributed by atoms with Gasteiger partial charge in [-0.05, 0) is 37.8 Å². The van der Waals surface area contributed by atoms with Crippen LogP contribution in [0.15, 0.2) is 30.3 Å². The molecular weight excluding hydrogens is 196 g/mol. The van der Waals surface area contributed by atoms with E-state index in [2.05, 4.69) is 42.2 Å². The Labute approximate surface area is 98.4 Å². The topological polar surface area (TPSA) is 29.3 Å². The summed E-state index contributed by atoms with van der Waals surface area (Å²) in [6.45, 7) is 4.03. The van der Waals surface area contributed by atoms with Crippen molar-refractivity contribution < 1.29 is 0 Å². The summed E-state index contributed by atoms with van der Waals surface area (Å²) in [6.07, 6.45) is 4.09. The standard InChI is InChI=1S/C14H22N2/c1-2-16(13-9-4-3-5-10-13)14(11-15)12-7-6-8-12/h3-5,9-10,12,14H,2,6-8,11,15H2,1H3. The molecule has 2 heteroatoms. The molecule has 2 rings (SSSR count). The van der Waals surface area contributed by atoms with E-state index >= 15 is 0 Å². The van der Waals surface area contributed by atoms with E-state index in [0.29, 0.717) is 6.04 Å². The second-order valence-electron chi connectivity index (χ2n) is 4.62. The first kappa shape index (κ1) is 11.5. The van der Waals surface area contributed by atoms with Crippen molar-refractivity contribution in [1.82, 2.24) is 0 Å². The van der Waals surface area contributed by atoms with Gasteiger partial charge in [0, 0.05) is 24.8 Å². The summed E-state index contributed by atoms with van der Waals surface area (Å²) >= 11 is 0. The molecule has 16 heavy (non-hydrogen) atoms. The van der Waals surface area contributed by atoms with Gasteiger partial charge in [0.2, 0.25) is 0 Å². The summed E-state index contributed by atoms with van der Waals surface area (Å²) in [5, 5.41) is 0. The van der Waals surface area contributed by atoms with Crippen molar-refractivity contribution in [2.45, 2.75) is 32.2 Å². The largest absolute Gasteiger partial charge is 0.367 e. The highest BCUT2D eigenvalue weighted by molar-refractivity contribution is 5.47. The van der Waals surface area contributed by atoms with E-state index in [0.717, 1.165) is 19.0 Å². The molecule has 1 atom stereocenters. The highest BCUT2D eigenvalue weighted by Crippen LogP contribution is 2.33. The molecule has 2 N–H and O–H groups in total. The van der Waals surface area contributed by atoms with Gasteiger partial charge in [0.05, 0.1) is 0 Å². The van der Waals surface area contributed by atoms with Crippen molar-refractivity contribution in [2.24, 2.45) is 11.7 Å². The molecule has 0 aromatic heterocycles. The molecular formula is C14H22N2. The Balaban J connectivity index is 2.13. The third-order valence-corrected chi connectivity index (χ3v) is 3.76. The number of likely N-dealkylation sites (N-methyl/N-ethyl adjacent to an activating group) is 1. The Kier molecular flexibility index (Phi) is 3.83. The number of para-hydroxylation sites is 1. The molecule has 1 aliphatic rings. The zero-order valence-corrected chi connectivity index (χ0v) is 10.1. The highest BCUT2D eigenvalue weighted by Gasteiger charge is 2.30. The summed E-state index contributed by atoms with van der Waals surface area (Å²) in [7, 11) is 0. The Morgan fingerprint density at radius 3 is 2.44 bits per heavy atom. The molecule has 88 valence electrons. The van der Waals surface area contributed by atoms with Crippen LogP contribution in [-0.2, 0) is 0 Å². The molecule has 0 radical (unpaired) electrons. The molecule has 2 nitrogen and oxygen atoms in total. The number of hydrogen-bond acceptors (Lipinski definition) is 2. The average molecular weight is 218 g/mol. The van der Waals surface area contributed by atoms with E-state index in [1.165, 1.54) is 24.9 Å². The quantitative estimate of drug-likeness (QED) is 0.823. The average Bonchev–Trinajstić information content (AvgIpc) is 2.27. The summed E-state index contributed by atoms with van der Waals surface area (Å²) in [4.78, 5) is 2.46. The Bertz CT molecular complexity index is 306. The van der Waals surface area contributed by atoms with Crippen LogP contribution in [-0.4, -0.2) is 19.1 Å². The molecule has 1 aromatic rings. The van der Waals surface area contributed by atoms with Gasteiger partial charge in [-0.2, -0.15) is 0 Å². The second kappa shape index (κ2) is 5.35. The van der Waals surface area contributed by atoms with E-state index in [4.69, 9.17) is 5.73 Å². The van der Waals surface area contributed by atoms with Gasteiger partial charge in [0.15, 0.2) is 0 Å². The maximum atomic E-state index is 5.96. The maximum Gasteiger partial charge on any atom is 0.0440 e. The Morgan fingerprint density at radius 1 is 1.31 bits per heavy atom. The first-order valence-electron chi connectivity index (χ1n) is 6.38. The fraction of sp³-hybridized carbons (Fsp3) is 0.571. The van der Waals surface area contributed by atoms with E-state index in [-0.39, 0.29) is 0 Å². The lowest BCUT2D eigenvalue weighted by molar-refractivity contribution is 0.256. The van der Waals surface area contributed by atoms with E-state index in [1.54, 1.807) is 0 Å². The number of rotatable bonds is 5. The van der Waals surface area contributed by atoms with Crippen molar-refractivity contribution in [2.75, 3.05) is 18.0 Å². The molecule has 1 fully saturated rings. The van der Waals surface area contributed by atoms with Crippen LogP contribution >= 0.6 is 0 Å². The van der Waals surface area contributed by atoms with Crippen molar-refractivity contribution in [3.05, 3.63) is 30.3 Å². The summed E-state index contributed by atoms with van der Waals surface area (Å²) in [5.41, 5.74) is 7.27. The van der Waals surface area contributed by atoms with E-state index in [1.807, 2.05) is 0 Å². The van der Waals surface area contributed by atoms with Crippen molar-refractivity contribution >= 4 is 5.69 Å². The zero-order valence-electron chi connectivity index (χ0n) is 10.1. The van der Waals surface area contributed by atoms with Crippen LogP contribution in [0.25, 0.3) is 0 Å². The van der Waals surface area contributed by atoms with Gasteiger partial charge < -0.3 is 10.6 Å². The van der Waals surface area contributed by atoms with Crippen LogP contribution in [0.3, 0.4) is 0 Å². The second-order valence-corrected chi connectivity index (χ2v) is 4.62. The van der Waals surface area contributed by atoms with Gasteiger partial charge in [-0.15, -0.1) is 0 Å². The van der Waals surface area contributed by atoms with Crippen LogP contribution in [0.4, 0.5) is 5.69 Å². The lowest BCUT2D eigenvalue weighted by Crippen LogP contribution is -2.48. The monoisotopic (exact) mass is 218 g/mol. The summed E-state index contributed by atoms with van der Waals surface area (Å²) < 4.78 is 0. The molecule has 0 amide bonds. The minimum atomic E-state index is 0.529. The number of benzene rings is 1. The minimum Gasteiger partial charge on any atom is -0.367 e. The summed E-state index contributed by atoms with van der Waals surface area (Å²) in [6, 6.07) is 11.2. The van der Waals surface area contributed by atoms with Gasteiger partial charge in [-0.25, -0.2) is 0 Å². The van der Waals surface area contributed by atoms with Crippen LogP contribution in [0.5, 0.6) is 0 Å². The predicted octanol–water partition coefficient (Wildman–Crippen LogP) is 2.64. The van der Waals surface area contributed by atoms with E-state index < -0.39 is 0 Å². The molecule has 0 heterocycles. The smallest absolute Gasteiger partial charge is 0.0440 e. The molecule has 1 aromatic carbocycles.